The van der Waals surface area contributed by atoms with Gasteiger partial charge in [-0.1, -0.05) is 78.4 Å². The Morgan fingerprint density at radius 3 is 2.23 bits per heavy atom. The Bertz CT molecular complexity index is 725. The predicted molar refractivity (Wildman–Crippen MR) is 96.6 cm³/mol. The highest BCUT2D eigenvalue weighted by molar-refractivity contribution is 5.71. The van der Waals surface area contributed by atoms with Crippen molar-refractivity contribution >= 4 is 11.1 Å². The van der Waals surface area contributed by atoms with E-state index >= 15 is 0 Å². The lowest BCUT2D eigenvalue weighted by atomic mass is 9.91. The van der Waals surface area contributed by atoms with Crippen molar-refractivity contribution in [3.8, 4) is 0 Å². The Kier molecular flexibility index (Phi) is 4.39. The van der Waals surface area contributed by atoms with Gasteiger partial charge in [-0.3, -0.25) is 0 Å². The highest BCUT2D eigenvalue weighted by Gasteiger charge is 2.07. The van der Waals surface area contributed by atoms with Crippen LogP contribution in [0.4, 0.5) is 0 Å². The summed E-state index contributed by atoms with van der Waals surface area (Å²) >= 11 is 0. The minimum Gasteiger partial charge on any atom is -0.0622 e. The maximum atomic E-state index is 2.32. The van der Waals surface area contributed by atoms with Crippen molar-refractivity contribution in [3.05, 3.63) is 95.1 Å². The summed E-state index contributed by atoms with van der Waals surface area (Å²) in [5.41, 5.74) is 8.16. The van der Waals surface area contributed by atoms with Crippen LogP contribution in [0.25, 0.3) is 11.1 Å². The fourth-order valence-electron chi connectivity index (χ4n) is 2.84. The van der Waals surface area contributed by atoms with Crippen molar-refractivity contribution in [2.75, 3.05) is 0 Å². The fraction of sp³-hybridized carbons (Fsp3) is 0.182. The van der Waals surface area contributed by atoms with E-state index in [4.69, 9.17) is 0 Å². The summed E-state index contributed by atoms with van der Waals surface area (Å²) in [6, 6.07) is 19.4. The molecule has 1 aliphatic carbocycles. The van der Waals surface area contributed by atoms with E-state index in [1.54, 1.807) is 0 Å². The van der Waals surface area contributed by atoms with Gasteiger partial charge in [0.2, 0.25) is 0 Å². The molecule has 2 aromatic rings. The summed E-state index contributed by atoms with van der Waals surface area (Å²) in [6.45, 7) is 4.32. The van der Waals surface area contributed by atoms with Crippen LogP contribution in [0.2, 0.25) is 0 Å². The van der Waals surface area contributed by atoms with E-state index in [0.29, 0.717) is 0 Å². The second-order valence-corrected chi connectivity index (χ2v) is 5.99. The standard InChI is InChI=1S/C22H22/c1-17-8-12-21(13-9-17)22-14-10-19(11-15-22)16-18(2)20-6-4-3-5-7-20/h3-10,12-14,16H,11,15H2,1-2H3/b18-16-. The van der Waals surface area contributed by atoms with Gasteiger partial charge in [-0.25, -0.2) is 0 Å². The predicted octanol–water partition coefficient (Wildman–Crippen LogP) is 6.20. The number of hydrogen-bond donors (Lipinski definition) is 0. The van der Waals surface area contributed by atoms with Gasteiger partial charge in [-0.15, -0.1) is 0 Å². The molecule has 2 aromatic carbocycles. The molecule has 0 heteroatoms. The van der Waals surface area contributed by atoms with E-state index < -0.39 is 0 Å². The Labute approximate surface area is 133 Å². The van der Waals surface area contributed by atoms with Crippen molar-refractivity contribution in [1.29, 1.82) is 0 Å². The molecule has 0 saturated carbocycles. The van der Waals surface area contributed by atoms with Crippen LogP contribution in [0.15, 0.2) is 78.4 Å². The zero-order valence-corrected chi connectivity index (χ0v) is 13.3. The van der Waals surface area contributed by atoms with Crippen LogP contribution in [0.3, 0.4) is 0 Å². The molecule has 1 aliphatic rings. The Morgan fingerprint density at radius 2 is 1.59 bits per heavy atom. The first kappa shape index (κ1) is 14.6. The molecule has 0 unspecified atom stereocenters. The molecular weight excluding hydrogens is 264 g/mol. The molecule has 22 heavy (non-hydrogen) atoms. The van der Waals surface area contributed by atoms with Crippen LogP contribution in [-0.4, -0.2) is 0 Å². The fourth-order valence-corrected chi connectivity index (χ4v) is 2.84. The molecule has 0 nitrogen and oxygen atoms in total. The van der Waals surface area contributed by atoms with Gasteiger partial charge in [0.25, 0.3) is 0 Å². The van der Waals surface area contributed by atoms with E-state index in [-0.39, 0.29) is 0 Å². The highest BCUT2D eigenvalue weighted by atomic mass is 14.1. The smallest absolute Gasteiger partial charge is 0.0224 e. The van der Waals surface area contributed by atoms with Gasteiger partial charge >= 0.3 is 0 Å². The largest absolute Gasteiger partial charge is 0.0622 e. The third-order valence-corrected chi connectivity index (χ3v) is 4.23. The quantitative estimate of drug-likeness (QED) is 0.630. The number of allylic oxidation sites excluding steroid dienone is 6. The first-order valence-corrected chi connectivity index (χ1v) is 7.93. The lowest BCUT2D eigenvalue weighted by Crippen LogP contribution is -1.93. The van der Waals surface area contributed by atoms with Gasteiger partial charge < -0.3 is 0 Å². The van der Waals surface area contributed by atoms with Crippen LogP contribution in [0.5, 0.6) is 0 Å². The van der Waals surface area contributed by atoms with E-state index in [1.165, 1.54) is 33.4 Å². The molecule has 110 valence electrons. The van der Waals surface area contributed by atoms with Gasteiger partial charge in [0.15, 0.2) is 0 Å². The third kappa shape index (κ3) is 3.46. The van der Waals surface area contributed by atoms with E-state index in [0.717, 1.165) is 12.8 Å². The molecule has 0 aromatic heterocycles. The number of rotatable bonds is 3. The van der Waals surface area contributed by atoms with Crippen LogP contribution in [-0.2, 0) is 0 Å². The average Bonchev–Trinajstić information content (AvgIpc) is 2.57. The summed E-state index contributed by atoms with van der Waals surface area (Å²) in [7, 11) is 0. The first-order valence-electron chi connectivity index (χ1n) is 7.93. The minimum atomic E-state index is 1.11. The molecule has 0 aliphatic heterocycles. The number of benzene rings is 2. The van der Waals surface area contributed by atoms with E-state index in [9.17, 15) is 0 Å². The van der Waals surface area contributed by atoms with Crippen molar-refractivity contribution in [2.45, 2.75) is 26.7 Å². The van der Waals surface area contributed by atoms with Crippen molar-refractivity contribution in [1.82, 2.24) is 0 Å². The summed E-state index contributed by atoms with van der Waals surface area (Å²) < 4.78 is 0. The number of aryl methyl sites for hydroxylation is 1. The second-order valence-electron chi connectivity index (χ2n) is 5.99. The van der Waals surface area contributed by atoms with Gasteiger partial charge in [0, 0.05) is 0 Å². The number of hydrogen-bond acceptors (Lipinski definition) is 0. The molecule has 0 amide bonds. The summed E-state index contributed by atoms with van der Waals surface area (Å²) in [5, 5.41) is 0. The molecule has 0 radical (unpaired) electrons. The molecule has 0 spiro atoms. The lowest BCUT2D eigenvalue weighted by Gasteiger charge is -2.14. The van der Waals surface area contributed by atoms with Crippen molar-refractivity contribution < 1.29 is 0 Å². The monoisotopic (exact) mass is 286 g/mol. The molecule has 3 rings (SSSR count). The molecule has 0 heterocycles. The summed E-state index contributed by atoms with van der Waals surface area (Å²) in [5.74, 6) is 0. The highest BCUT2D eigenvalue weighted by Crippen LogP contribution is 2.29. The molecule has 0 N–H and O–H groups in total. The maximum Gasteiger partial charge on any atom is -0.0224 e. The Hall–Kier alpha value is -2.34. The van der Waals surface area contributed by atoms with Crippen LogP contribution < -0.4 is 0 Å². The normalized spacial score (nSPS) is 15.3. The topological polar surface area (TPSA) is 0 Å². The molecular formula is C22H22. The first-order chi connectivity index (χ1) is 10.7. The van der Waals surface area contributed by atoms with E-state index in [2.05, 4.69) is 86.7 Å². The molecule has 0 bridgehead atoms. The van der Waals surface area contributed by atoms with Crippen LogP contribution >= 0.6 is 0 Å². The van der Waals surface area contributed by atoms with Crippen molar-refractivity contribution in [3.63, 3.8) is 0 Å². The van der Waals surface area contributed by atoms with Crippen LogP contribution in [0.1, 0.15) is 36.5 Å². The molecule has 0 saturated heterocycles. The van der Waals surface area contributed by atoms with Gasteiger partial charge in [-0.05, 0) is 54.5 Å². The SMILES string of the molecule is C/C(=C/C1=CC=C(c2ccc(C)cc2)CC1)c1ccccc1. The van der Waals surface area contributed by atoms with Gasteiger partial charge in [-0.2, -0.15) is 0 Å². The van der Waals surface area contributed by atoms with Gasteiger partial charge in [0.05, 0.1) is 0 Å². The zero-order chi connectivity index (χ0) is 15.4. The van der Waals surface area contributed by atoms with Crippen molar-refractivity contribution in [2.24, 2.45) is 0 Å². The Morgan fingerprint density at radius 1 is 0.864 bits per heavy atom. The Balaban J connectivity index is 1.79. The summed E-state index contributed by atoms with van der Waals surface area (Å²) in [4.78, 5) is 0. The van der Waals surface area contributed by atoms with E-state index in [1.807, 2.05) is 0 Å². The lowest BCUT2D eigenvalue weighted by molar-refractivity contribution is 1.01. The van der Waals surface area contributed by atoms with Gasteiger partial charge in [0.1, 0.15) is 0 Å². The minimum absolute atomic E-state index is 1.11. The molecule has 0 fully saturated rings. The summed E-state index contributed by atoms with van der Waals surface area (Å²) in [6.07, 6.45) is 9.10. The molecule has 0 atom stereocenters. The average molecular weight is 286 g/mol. The zero-order valence-electron chi connectivity index (χ0n) is 13.3. The third-order valence-electron chi connectivity index (χ3n) is 4.23. The van der Waals surface area contributed by atoms with Crippen LogP contribution in [0, 0.1) is 6.92 Å². The second kappa shape index (κ2) is 6.62. The maximum absolute atomic E-state index is 2.32.